The second-order valence-corrected chi connectivity index (χ2v) is 5.41. The Balaban J connectivity index is 2.32. The van der Waals surface area contributed by atoms with E-state index in [0.29, 0.717) is 10.7 Å². The van der Waals surface area contributed by atoms with Crippen LogP contribution in [-0.4, -0.2) is 15.9 Å². The van der Waals surface area contributed by atoms with E-state index >= 15 is 0 Å². The molecule has 0 aliphatic rings. The van der Waals surface area contributed by atoms with E-state index in [4.69, 9.17) is 46.4 Å². The van der Waals surface area contributed by atoms with E-state index in [1.165, 1.54) is 18.2 Å². The smallest absolute Gasteiger partial charge is 0.277 e. The molecule has 20 heavy (non-hydrogen) atoms. The number of nitrogens with zero attached hydrogens (tertiary/aromatic N) is 2. The Morgan fingerprint density at radius 2 is 1.75 bits per heavy atom. The van der Waals surface area contributed by atoms with Gasteiger partial charge in [0.05, 0.1) is 20.8 Å². The molecule has 0 spiro atoms. The molecule has 2 rings (SSSR count). The second kappa shape index (κ2) is 6.14. The number of hydrogen-bond donors (Lipinski definition) is 1. The minimum absolute atomic E-state index is 0.00960. The number of halogens is 4. The fraction of sp³-hybridized carbons (Fsp3) is 0.0833. The first-order valence-electron chi connectivity index (χ1n) is 5.34. The molecule has 2 heterocycles. The molecule has 0 aliphatic heterocycles. The lowest BCUT2D eigenvalue weighted by atomic mass is 10.3. The van der Waals surface area contributed by atoms with Crippen LogP contribution in [0.4, 0.5) is 5.82 Å². The van der Waals surface area contributed by atoms with Gasteiger partial charge in [0.25, 0.3) is 5.91 Å². The number of carbonyl (C=O) groups is 1. The molecule has 1 amide bonds. The number of nitrogens with one attached hydrogen (secondary N) is 1. The summed E-state index contributed by atoms with van der Waals surface area (Å²) in [5.41, 5.74) is 0.529. The molecule has 0 saturated carbocycles. The van der Waals surface area contributed by atoms with Crippen molar-refractivity contribution in [1.82, 2.24) is 9.97 Å². The van der Waals surface area contributed by atoms with Gasteiger partial charge in [0, 0.05) is 0 Å². The normalized spacial score (nSPS) is 10.4. The third kappa shape index (κ3) is 3.33. The van der Waals surface area contributed by atoms with Crippen molar-refractivity contribution in [3.05, 3.63) is 49.8 Å². The van der Waals surface area contributed by atoms with Crippen LogP contribution in [0.2, 0.25) is 20.2 Å². The first-order chi connectivity index (χ1) is 9.38. The van der Waals surface area contributed by atoms with Gasteiger partial charge in [-0.25, -0.2) is 9.97 Å². The lowest BCUT2D eigenvalue weighted by Crippen LogP contribution is -2.16. The number of amides is 1. The number of aromatic nitrogens is 2. The van der Waals surface area contributed by atoms with Crippen molar-refractivity contribution in [3.8, 4) is 0 Å². The molecule has 0 aliphatic carbocycles. The van der Waals surface area contributed by atoms with Crippen LogP contribution in [0, 0.1) is 6.92 Å². The van der Waals surface area contributed by atoms with Crippen LogP contribution in [0.3, 0.4) is 0 Å². The number of rotatable bonds is 2. The zero-order valence-electron chi connectivity index (χ0n) is 10.0. The van der Waals surface area contributed by atoms with Gasteiger partial charge in [-0.3, -0.25) is 4.79 Å². The van der Waals surface area contributed by atoms with Crippen LogP contribution in [0.1, 0.15) is 16.2 Å². The van der Waals surface area contributed by atoms with Crippen LogP contribution in [0.15, 0.2) is 18.2 Å². The summed E-state index contributed by atoms with van der Waals surface area (Å²) in [5, 5.41) is 3.47. The maximum absolute atomic E-state index is 12.1. The van der Waals surface area contributed by atoms with E-state index in [0.717, 1.165) is 0 Å². The quantitative estimate of drug-likeness (QED) is 0.802. The van der Waals surface area contributed by atoms with Gasteiger partial charge in [-0.1, -0.05) is 46.4 Å². The van der Waals surface area contributed by atoms with Crippen molar-refractivity contribution < 1.29 is 4.79 Å². The molecule has 2 aromatic heterocycles. The van der Waals surface area contributed by atoms with Crippen molar-refractivity contribution in [3.63, 3.8) is 0 Å². The summed E-state index contributed by atoms with van der Waals surface area (Å²) in [7, 11) is 0. The Hall–Kier alpha value is -1.07. The number of pyridine rings is 2. The maximum atomic E-state index is 12.1. The van der Waals surface area contributed by atoms with Crippen LogP contribution in [-0.2, 0) is 0 Å². The van der Waals surface area contributed by atoms with E-state index in [2.05, 4.69) is 15.3 Å². The lowest BCUT2D eigenvalue weighted by Gasteiger charge is -2.09. The number of hydrogen-bond acceptors (Lipinski definition) is 3. The summed E-state index contributed by atoms with van der Waals surface area (Å²) in [6.45, 7) is 1.69. The van der Waals surface area contributed by atoms with Gasteiger partial charge in [-0.2, -0.15) is 0 Å². The fourth-order valence-electron chi connectivity index (χ4n) is 1.39. The molecule has 0 atom stereocenters. The molecule has 4 nitrogen and oxygen atoms in total. The average Bonchev–Trinajstić information content (AvgIpc) is 2.38. The summed E-state index contributed by atoms with van der Waals surface area (Å²) in [5.74, 6) is -0.384. The van der Waals surface area contributed by atoms with Crippen molar-refractivity contribution in [2.24, 2.45) is 0 Å². The molecule has 8 heteroatoms. The molecule has 0 radical (unpaired) electrons. The molecule has 104 valence electrons. The maximum Gasteiger partial charge on any atom is 0.277 e. The Morgan fingerprint density at radius 1 is 1.05 bits per heavy atom. The van der Waals surface area contributed by atoms with Crippen LogP contribution >= 0.6 is 46.4 Å². The van der Waals surface area contributed by atoms with Crippen molar-refractivity contribution in [2.45, 2.75) is 6.92 Å². The van der Waals surface area contributed by atoms with Crippen LogP contribution < -0.4 is 5.32 Å². The van der Waals surface area contributed by atoms with Crippen molar-refractivity contribution >= 4 is 58.1 Å². The highest BCUT2D eigenvalue weighted by Gasteiger charge is 2.16. The van der Waals surface area contributed by atoms with Gasteiger partial charge in [0.15, 0.2) is 5.82 Å². The predicted molar refractivity (Wildman–Crippen MR) is 81.2 cm³/mol. The van der Waals surface area contributed by atoms with Crippen molar-refractivity contribution in [1.29, 1.82) is 0 Å². The summed E-state index contributed by atoms with van der Waals surface area (Å²) >= 11 is 23.5. The van der Waals surface area contributed by atoms with E-state index in [-0.39, 0.29) is 26.7 Å². The number of aryl methyl sites for hydroxylation is 1. The van der Waals surface area contributed by atoms with E-state index in [1.807, 2.05) is 0 Å². The highest BCUT2D eigenvalue weighted by atomic mass is 35.5. The first kappa shape index (κ1) is 15.3. The van der Waals surface area contributed by atoms with E-state index in [1.54, 1.807) is 6.92 Å². The lowest BCUT2D eigenvalue weighted by molar-refractivity contribution is 0.102. The molecule has 0 aromatic carbocycles. The monoisotopic (exact) mass is 349 g/mol. The Bertz CT molecular complexity index is 691. The molecule has 0 unspecified atom stereocenters. The van der Waals surface area contributed by atoms with Crippen molar-refractivity contribution in [2.75, 3.05) is 5.32 Å². The number of carbonyl (C=O) groups excluding carboxylic acids is 1. The highest BCUT2D eigenvalue weighted by Crippen LogP contribution is 2.26. The van der Waals surface area contributed by atoms with E-state index in [9.17, 15) is 4.79 Å². The fourth-order valence-corrected chi connectivity index (χ4v) is 2.13. The van der Waals surface area contributed by atoms with Gasteiger partial charge in [-0.15, -0.1) is 0 Å². The van der Waals surface area contributed by atoms with Crippen LogP contribution in [0.25, 0.3) is 0 Å². The molecule has 1 N–H and O–H groups in total. The Morgan fingerprint density at radius 3 is 2.45 bits per heavy atom. The standard InChI is InChI=1S/C12H7Cl4N3O/c1-5-7(14)4-8(15)11(17-5)19-12(20)10-6(13)2-3-9(16)18-10/h2-4H,1H3,(H,17,19,20). The SMILES string of the molecule is Cc1nc(NC(=O)c2nc(Cl)ccc2Cl)c(Cl)cc1Cl. The van der Waals surface area contributed by atoms with Gasteiger partial charge >= 0.3 is 0 Å². The summed E-state index contributed by atoms with van der Waals surface area (Å²) in [4.78, 5) is 20.0. The summed E-state index contributed by atoms with van der Waals surface area (Å²) in [6, 6.07) is 4.46. The third-order valence-electron chi connectivity index (χ3n) is 2.36. The number of anilines is 1. The molecule has 0 bridgehead atoms. The molecule has 0 fully saturated rings. The van der Waals surface area contributed by atoms with Gasteiger partial charge in [0.2, 0.25) is 0 Å². The zero-order valence-corrected chi connectivity index (χ0v) is 13.1. The van der Waals surface area contributed by atoms with Gasteiger partial charge < -0.3 is 5.32 Å². The average molecular weight is 351 g/mol. The Kier molecular flexibility index (Phi) is 4.70. The minimum atomic E-state index is -0.561. The molecular formula is C12H7Cl4N3O. The van der Waals surface area contributed by atoms with Gasteiger partial charge in [0.1, 0.15) is 10.8 Å². The first-order valence-corrected chi connectivity index (χ1v) is 6.85. The second-order valence-electron chi connectivity index (χ2n) is 3.80. The minimum Gasteiger partial charge on any atom is -0.304 e. The third-order valence-corrected chi connectivity index (χ3v) is 3.55. The topological polar surface area (TPSA) is 54.9 Å². The molecule has 2 aromatic rings. The van der Waals surface area contributed by atoms with Crippen LogP contribution in [0.5, 0.6) is 0 Å². The summed E-state index contributed by atoms with van der Waals surface area (Å²) in [6.07, 6.45) is 0. The zero-order chi connectivity index (χ0) is 14.9. The highest BCUT2D eigenvalue weighted by molar-refractivity contribution is 6.37. The van der Waals surface area contributed by atoms with E-state index < -0.39 is 5.91 Å². The molecule has 0 saturated heterocycles. The summed E-state index contributed by atoms with van der Waals surface area (Å²) < 4.78 is 0. The van der Waals surface area contributed by atoms with Gasteiger partial charge in [-0.05, 0) is 25.1 Å². The molecular weight excluding hydrogens is 344 g/mol. The largest absolute Gasteiger partial charge is 0.304 e. The predicted octanol–water partition coefficient (Wildman–Crippen LogP) is 4.65. The Labute approximate surface area is 135 Å².